The molecule has 0 aliphatic heterocycles. The van der Waals surface area contributed by atoms with Crippen LogP contribution >= 0.6 is 15.9 Å². The molecule has 4 aromatic rings. The number of para-hydroxylation sites is 1. The van der Waals surface area contributed by atoms with Gasteiger partial charge in [-0.2, -0.15) is 9.78 Å². The van der Waals surface area contributed by atoms with Gasteiger partial charge in [-0.1, -0.05) is 42.5 Å². The highest BCUT2D eigenvalue weighted by Gasteiger charge is 2.19. The molecule has 0 fully saturated rings. The van der Waals surface area contributed by atoms with Gasteiger partial charge in [-0.15, -0.1) is 0 Å². The highest BCUT2D eigenvalue weighted by Crippen LogP contribution is 2.37. The molecule has 0 unspecified atom stereocenters. The van der Waals surface area contributed by atoms with Crippen molar-refractivity contribution in [1.82, 2.24) is 9.66 Å². The number of aliphatic carboxylic acids is 1. The summed E-state index contributed by atoms with van der Waals surface area (Å²) in [6, 6.07) is 19.8. The van der Waals surface area contributed by atoms with Crippen molar-refractivity contribution in [3.63, 3.8) is 0 Å². The molecular weight excluding hydrogens is 502 g/mol. The van der Waals surface area contributed by atoms with Crippen molar-refractivity contribution in [2.75, 3.05) is 7.11 Å². The molecule has 0 amide bonds. The van der Waals surface area contributed by atoms with Crippen molar-refractivity contribution in [2.24, 2.45) is 5.10 Å². The number of carboxylic acids is 1. The van der Waals surface area contributed by atoms with Crippen molar-refractivity contribution in [1.29, 1.82) is 0 Å². The number of fused-ring (bicyclic) bond motifs is 1. The first kappa shape index (κ1) is 23.2. The second-order valence-electron chi connectivity index (χ2n) is 7.31. The quantitative estimate of drug-likeness (QED) is 0.357. The van der Waals surface area contributed by atoms with E-state index in [-0.39, 0.29) is 11.3 Å². The monoisotopic (exact) mass is 521 g/mol. The first-order valence-electron chi connectivity index (χ1n) is 10.3. The Morgan fingerprint density at radius 1 is 1.15 bits per heavy atom. The molecule has 0 aliphatic rings. The third kappa shape index (κ3) is 4.69. The molecule has 3 aromatic carbocycles. The minimum atomic E-state index is -1.10. The second-order valence-corrected chi connectivity index (χ2v) is 8.17. The van der Waals surface area contributed by atoms with Crippen molar-refractivity contribution in [3.8, 4) is 22.9 Å². The van der Waals surface area contributed by atoms with Crippen LogP contribution < -0.4 is 15.0 Å². The Labute approximate surface area is 203 Å². The molecule has 1 N–H and O–H groups in total. The smallest absolute Gasteiger partial charge is 0.344 e. The molecule has 9 heteroatoms. The van der Waals surface area contributed by atoms with Gasteiger partial charge in [0.05, 0.1) is 28.7 Å². The lowest BCUT2D eigenvalue weighted by atomic mass is 10.2. The fourth-order valence-electron chi connectivity index (χ4n) is 3.29. The molecule has 1 heterocycles. The number of carboxylic acid groups (broad SMARTS) is 1. The van der Waals surface area contributed by atoms with E-state index in [0.29, 0.717) is 32.5 Å². The number of benzene rings is 3. The van der Waals surface area contributed by atoms with Gasteiger partial charge >= 0.3 is 5.97 Å². The average Bonchev–Trinajstić information content (AvgIpc) is 2.85. The summed E-state index contributed by atoms with van der Waals surface area (Å²) in [7, 11) is 1.45. The van der Waals surface area contributed by atoms with Crippen LogP contribution in [0, 0.1) is 0 Å². The molecule has 0 aliphatic carbocycles. The standard InChI is InChI=1S/C25H20BrN3O5/c1-15(25(31)32)34-22-19(26)12-16(13-21(22)33-2)14-27-29-23(17-8-4-3-5-9-17)28-20-11-7-6-10-18(20)24(29)30/h3-15H,1-2H3,(H,31,32)/t15-/m0/s1. The van der Waals surface area contributed by atoms with Crippen molar-refractivity contribution in [3.05, 3.63) is 87.1 Å². The largest absolute Gasteiger partial charge is 0.493 e. The van der Waals surface area contributed by atoms with E-state index in [1.165, 1.54) is 24.9 Å². The molecule has 1 atom stereocenters. The number of nitrogens with zero attached hydrogens (tertiary/aromatic N) is 3. The molecule has 0 bridgehead atoms. The van der Waals surface area contributed by atoms with Crippen LogP contribution in [0.15, 0.2) is 81.1 Å². The van der Waals surface area contributed by atoms with Gasteiger partial charge in [-0.05, 0) is 52.7 Å². The number of rotatable bonds is 7. The molecule has 4 rings (SSSR count). The van der Waals surface area contributed by atoms with Crippen LogP contribution in [-0.4, -0.2) is 40.2 Å². The van der Waals surface area contributed by atoms with Crippen LogP contribution in [0.2, 0.25) is 0 Å². The predicted octanol–water partition coefficient (Wildman–Crippen LogP) is 4.57. The van der Waals surface area contributed by atoms with Gasteiger partial charge in [0.2, 0.25) is 0 Å². The van der Waals surface area contributed by atoms with Crippen LogP contribution in [-0.2, 0) is 4.79 Å². The number of carbonyl (C=O) groups is 1. The summed E-state index contributed by atoms with van der Waals surface area (Å²) in [6.45, 7) is 1.42. The van der Waals surface area contributed by atoms with E-state index in [9.17, 15) is 9.59 Å². The molecule has 0 saturated carbocycles. The molecule has 1 aromatic heterocycles. The van der Waals surface area contributed by atoms with Gasteiger partial charge in [0.1, 0.15) is 0 Å². The summed E-state index contributed by atoms with van der Waals surface area (Å²) in [5, 5.41) is 14.0. The summed E-state index contributed by atoms with van der Waals surface area (Å²) in [5.74, 6) is -0.127. The van der Waals surface area contributed by atoms with Gasteiger partial charge in [0.25, 0.3) is 5.56 Å². The second kappa shape index (κ2) is 9.88. The molecule has 34 heavy (non-hydrogen) atoms. The molecule has 0 saturated heterocycles. The fourth-order valence-corrected chi connectivity index (χ4v) is 3.84. The Morgan fingerprint density at radius 3 is 2.56 bits per heavy atom. The van der Waals surface area contributed by atoms with E-state index in [1.807, 2.05) is 36.4 Å². The fraction of sp³-hybridized carbons (Fsp3) is 0.120. The maximum absolute atomic E-state index is 13.3. The first-order valence-corrected chi connectivity index (χ1v) is 11.1. The van der Waals surface area contributed by atoms with Crippen molar-refractivity contribution < 1.29 is 19.4 Å². The number of methoxy groups -OCH3 is 1. The highest BCUT2D eigenvalue weighted by atomic mass is 79.9. The Bertz CT molecular complexity index is 1450. The number of aromatic nitrogens is 2. The summed E-state index contributed by atoms with van der Waals surface area (Å²) in [5.41, 5.74) is 1.61. The Hall–Kier alpha value is -3.98. The minimum Gasteiger partial charge on any atom is -0.493 e. The van der Waals surface area contributed by atoms with Crippen molar-refractivity contribution in [2.45, 2.75) is 13.0 Å². The summed E-state index contributed by atoms with van der Waals surface area (Å²) in [6.07, 6.45) is 0.433. The van der Waals surface area contributed by atoms with E-state index in [4.69, 9.17) is 14.6 Å². The van der Waals surface area contributed by atoms with Gasteiger partial charge in [0.15, 0.2) is 23.4 Å². The van der Waals surface area contributed by atoms with Gasteiger partial charge in [0, 0.05) is 5.56 Å². The Kier molecular flexibility index (Phi) is 6.74. The lowest BCUT2D eigenvalue weighted by Gasteiger charge is -2.16. The maximum atomic E-state index is 13.3. The van der Waals surface area contributed by atoms with Gasteiger partial charge < -0.3 is 14.6 Å². The van der Waals surface area contributed by atoms with E-state index in [2.05, 4.69) is 26.0 Å². The average molecular weight is 522 g/mol. The van der Waals surface area contributed by atoms with Crippen LogP contribution in [0.4, 0.5) is 0 Å². The van der Waals surface area contributed by atoms with E-state index >= 15 is 0 Å². The van der Waals surface area contributed by atoms with Crippen LogP contribution in [0.3, 0.4) is 0 Å². The number of halogens is 1. The molecule has 0 spiro atoms. The zero-order valence-electron chi connectivity index (χ0n) is 18.3. The van der Waals surface area contributed by atoms with E-state index in [0.717, 1.165) is 5.56 Å². The third-order valence-corrected chi connectivity index (χ3v) is 5.59. The molecular formula is C25H20BrN3O5. The van der Waals surface area contributed by atoms with Crippen LogP contribution in [0.25, 0.3) is 22.3 Å². The first-order chi connectivity index (χ1) is 16.4. The zero-order valence-corrected chi connectivity index (χ0v) is 19.9. The lowest BCUT2D eigenvalue weighted by molar-refractivity contribution is -0.144. The molecule has 0 radical (unpaired) electrons. The summed E-state index contributed by atoms with van der Waals surface area (Å²) >= 11 is 3.40. The van der Waals surface area contributed by atoms with Crippen LogP contribution in [0.5, 0.6) is 11.5 Å². The summed E-state index contributed by atoms with van der Waals surface area (Å²) in [4.78, 5) is 29.1. The minimum absolute atomic E-state index is 0.254. The lowest BCUT2D eigenvalue weighted by Crippen LogP contribution is -2.23. The highest BCUT2D eigenvalue weighted by molar-refractivity contribution is 9.10. The van der Waals surface area contributed by atoms with Crippen LogP contribution in [0.1, 0.15) is 12.5 Å². The Balaban J connectivity index is 1.81. The maximum Gasteiger partial charge on any atom is 0.344 e. The number of hydrogen-bond donors (Lipinski definition) is 1. The van der Waals surface area contributed by atoms with Gasteiger partial charge in [-0.25, -0.2) is 9.78 Å². The van der Waals surface area contributed by atoms with Gasteiger partial charge in [-0.3, -0.25) is 4.79 Å². The third-order valence-electron chi connectivity index (χ3n) is 5.00. The molecule has 172 valence electrons. The zero-order chi connectivity index (χ0) is 24.2. The SMILES string of the molecule is COc1cc(C=Nn2c(-c3ccccc3)nc3ccccc3c2=O)cc(Br)c1O[C@@H](C)C(=O)O. The predicted molar refractivity (Wildman–Crippen MR) is 133 cm³/mol. The topological polar surface area (TPSA) is 103 Å². The van der Waals surface area contributed by atoms with E-state index < -0.39 is 12.1 Å². The normalized spacial score (nSPS) is 12.1. The Morgan fingerprint density at radius 2 is 1.85 bits per heavy atom. The molecule has 8 nitrogen and oxygen atoms in total. The number of hydrogen-bond acceptors (Lipinski definition) is 6. The van der Waals surface area contributed by atoms with E-state index in [1.54, 1.807) is 30.3 Å². The number of ether oxygens (including phenoxy) is 2. The van der Waals surface area contributed by atoms with Crippen molar-refractivity contribution >= 4 is 39.0 Å². The summed E-state index contributed by atoms with van der Waals surface area (Å²) < 4.78 is 12.6.